The van der Waals surface area contributed by atoms with Gasteiger partial charge in [-0.15, -0.1) is 11.3 Å². The first kappa shape index (κ1) is 17.0. The fourth-order valence-corrected chi connectivity index (χ4v) is 4.72. The van der Waals surface area contributed by atoms with E-state index < -0.39 is 0 Å². The SMILES string of the molecule is CCC1CCC(NC(C)c2sc(C(C)(C)C)nc2C)C1C. The minimum absolute atomic E-state index is 0.154. The molecule has 2 nitrogen and oxygen atoms in total. The molecule has 1 fully saturated rings. The molecule has 21 heavy (non-hydrogen) atoms. The summed E-state index contributed by atoms with van der Waals surface area (Å²) in [4.78, 5) is 6.23. The second-order valence-corrected chi connectivity index (χ2v) is 8.85. The zero-order valence-electron chi connectivity index (χ0n) is 14.8. The van der Waals surface area contributed by atoms with Gasteiger partial charge in [-0.25, -0.2) is 4.98 Å². The zero-order valence-corrected chi connectivity index (χ0v) is 15.6. The molecule has 1 heterocycles. The molecule has 0 saturated heterocycles. The van der Waals surface area contributed by atoms with Crippen molar-refractivity contribution in [2.24, 2.45) is 11.8 Å². The van der Waals surface area contributed by atoms with Gasteiger partial charge in [-0.05, 0) is 38.5 Å². The summed E-state index contributed by atoms with van der Waals surface area (Å²) in [6.45, 7) is 16.0. The molecule has 0 aromatic carbocycles. The third-order valence-electron chi connectivity index (χ3n) is 5.08. The van der Waals surface area contributed by atoms with Gasteiger partial charge < -0.3 is 5.32 Å². The lowest BCUT2D eigenvalue weighted by atomic mass is 9.93. The van der Waals surface area contributed by atoms with Crippen LogP contribution in [0.15, 0.2) is 0 Å². The molecule has 4 unspecified atom stereocenters. The van der Waals surface area contributed by atoms with Crippen molar-refractivity contribution in [1.82, 2.24) is 10.3 Å². The Balaban J connectivity index is 2.07. The molecule has 0 amide bonds. The number of thiazole rings is 1. The molecule has 1 aliphatic rings. The van der Waals surface area contributed by atoms with Gasteiger partial charge in [0.05, 0.1) is 10.7 Å². The average Bonchev–Trinajstić information content (AvgIpc) is 2.93. The van der Waals surface area contributed by atoms with Crippen molar-refractivity contribution < 1.29 is 0 Å². The maximum absolute atomic E-state index is 4.81. The van der Waals surface area contributed by atoms with Crippen LogP contribution in [0.1, 0.15) is 82.4 Å². The number of nitrogens with zero attached hydrogens (tertiary/aromatic N) is 1. The van der Waals surface area contributed by atoms with E-state index in [0.29, 0.717) is 12.1 Å². The highest BCUT2D eigenvalue weighted by atomic mass is 32.1. The normalized spacial score (nSPS) is 28.0. The van der Waals surface area contributed by atoms with Crippen LogP contribution in [-0.4, -0.2) is 11.0 Å². The number of hydrogen-bond acceptors (Lipinski definition) is 3. The van der Waals surface area contributed by atoms with Crippen LogP contribution in [0.4, 0.5) is 0 Å². The Kier molecular flexibility index (Phi) is 5.15. The molecule has 1 N–H and O–H groups in total. The van der Waals surface area contributed by atoms with Gasteiger partial charge in [0.1, 0.15) is 0 Å². The third-order valence-corrected chi connectivity index (χ3v) is 6.85. The fraction of sp³-hybridized carbons (Fsp3) is 0.833. The molecule has 120 valence electrons. The van der Waals surface area contributed by atoms with Gasteiger partial charge in [-0.1, -0.05) is 41.0 Å². The third kappa shape index (κ3) is 3.68. The number of rotatable bonds is 4. The lowest BCUT2D eigenvalue weighted by molar-refractivity contribution is 0.328. The Bertz CT molecular complexity index is 472. The van der Waals surface area contributed by atoms with E-state index in [2.05, 4.69) is 53.8 Å². The van der Waals surface area contributed by atoms with E-state index in [1.807, 2.05) is 11.3 Å². The summed E-state index contributed by atoms with van der Waals surface area (Å²) < 4.78 is 0. The van der Waals surface area contributed by atoms with E-state index in [9.17, 15) is 0 Å². The topological polar surface area (TPSA) is 24.9 Å². The quantitative estimate of drug-likeness (QED) is 0.824. The van der Waals surface area contributed by atoms with Gasteiger partial charge in [-0.3, -0.25) is 0 Å². The van der Waals surface area contributed by atoms with Gasteiger partial charge in [0.2, 0.25) is 0 Å². The summed E-state index contributed by atoms with van der Waals surface area (Å²) in [5.74, 6) is 1.70. The lowest BCUT2D eigenvalue weighted by Crippen LogP contribution is -2.34. The first-order chi connectivity index (χ1) is 9.74. The smallest absolute Gasteiger partial charge is 0.0985 e. The van der Waals surface area contributed by atoms with Crippen molar-refractivity contribution in [3.8, 4) is 0 Å². The summed E-state index contributed by atoms with van der Waals surface area (Å²) in [5.41, 5.74) is 1.36. The summed E-state index contributed by atoms with van der Waals surface area (Å²) in [5, 5.41) is 5.14. The fourth-order valence-electron chi connectivity index (χ4n) is 3.59. The minimum atomic E-state index is 0.154. The lowest BCUT2D eigenvalue weighted by Gasteiger charge is -2.24. The predicted molar refractivity (Wildman–Crippen MR) is 93.1 cm³/mol. The van der Waals surface area contributed by atoms with Crippen LogP contribution in [0.25, 0.3) is 0 Å². The number of hydrogen-bond donors (Lipinski definition) is 1. The summed E-state index contributed by atoms with van der Waals surface area (Å²) in [6.07, 6.45) is 4.03. The largest absolute Gasteiger partial charge is 0.306 e. The van der Waals surface area contributed by atoms with Crippen LogP contribution in [0.2, 0.25) is 0 Å². The standard InChI is InChI=1S/C18H32N2S/c1-8-14-9-10-15(11(14)2)19-12(3)16-13(4)20-17(21-16)18(5,6)7/h11-12,14-15,19H,8-10H2,1-7H3. The second kappa shape index (κ2) is 6.37. The first-order valence-electron chi connectivity index (χ1n) is 8.47. The molecule has 1 aromatic heterocycles. The monoisotopic (exact) mass is 308 g/mol. The molecule has 1 aromatic rings. The van der Waals surface area contributed by atoms with Crippen LogP contribution in [0, 0.1) is 18.8 Å². The second-order valence-electron chi connectivity index (χ2n) is 7.82. The van der Waals surface area contributed by atoms with E-state index in [-0.39, 0.29) is 5.41 Å². The molecular weight excluding hydrogens is 276 g/mol. The highest BCUT2D eigenvalue weighted by Gasteiger charge is 2.33. The van der Waals surface area contributed by atoms with Crippen molar-refractivity contribution in [3.05, 3.63) is 15.6 Å². The van der Waals surface area contributed by atoms with E-state index in [0.717, 1.165) is 11.8 Å². The summed E-state index contributed by atoms with van der Waals surface area (Å²) >= 11 is 1.89. The minimum Gasteiger partial charge on any atom is -0.306 e. The maximum atomic E-state index is 4.81. The molecule has 0 spiro atoms. The molecule has 3 heteroatoms. The van der Waals surface area contributed by atoms with Gasteiger partial charge in [0.15, 0.2) is 0 Å². The molecule has 1 aliphatic carbocycles. The van der Waals surface area contributed by atoms with Crippen LogP contribution in [0.5, 0.6) is 0 Å². The van der Waals surface area contributed by atoms with Gasteiger partial charge >= 0.3 is 0 Å². The van der Waals surface area contributed by atoms with Crippen LogP contribution in [-0.2, 0) is 5.41 Å². The Labute approximate surface area is 134 Å². The van der Waals surface area contributed by atoms with E-state index in [4.69, 9.17) is 4.98 Å². The molecule has 0 bridgehead atoms. The highest BCUT2D eigenvalue weighted by molar-refractivity contribution is 7.12. The molecule has 4 atom stereocenters. The van der Waals surface area contributed by atoms with Crippen LogP contribution < -0.4 is 5.32 Å². The molecule has 1 saturated carbocycles. The molecule has 0 radical (unpaired) electrons. The Hall–Kier alpha value is -0.410. The predicted octanol–water partition coefficient (Wildman–Crippen LogP) is 5.22. The number of aromatic nitrogens is 1. The Morgan fingerprint density at radius 2 is 2.00 bits per heavy atom. The Morgan fingerprint density at radius 1 is 1.33 bits per heavy atom. The first-order valence-corrected chi connectivity index (χ1v) is 9.29. The van der Waals surface area contributed by atoms with Crippen molar-refractivity contribution in [1.29, 1.82) is 0 Å². The zero-order chi connectivity index (χ0) is 15.8. The Morgan fingerprint density at radius 3 is 2.48 bits per heavy atom. The van der Waals surface area contributed by atoms with Gasteiger partial charge in [-0.2, -0.15) is 0 Å². The van der Waals surface area contributed by atoms with Gasteiger partial charge in [0.25, 0.3) is 0 Å². The number of nitrogens with one attached hydrogen (secondary N) is 1. The van der Waals surface area contributed by atoms with Crippen molar-refractivity contribution >= 4 is 11.3 Å². The molecular formula is C18H32N2S. The molecule has 0 aliphatic heterocycles. The summed E-state index contributed by atoms with van der Waals surface area (Å²) in [6, 6.07) is 1.09. The maximum Gasteiger partial charge on any atom is 0.0985 e. The van der Waals surface area contributed by atoms with E-state index in [1.54, 1.807) is 0 Å². The molecule has 2 rings (SSSR count). The average molecular weight is 309 g/mol. The highest BCUT2D eigenvalue weighted by Crippen LogP contribution is 2.37. The van der Waals surface area contributed by atoms with Crippen molar-refractivity contribution in [3.63, 3.8) is 0 Å². The van der Waals surface area contributed by atoms with Gasteiger partial charge in [0, 0.05) is 22.4 Å². The van der Waals surface area contributed by atoms with E-state index in [1.165, 1.54) is 34.8 Å². The van der Waals surface area contributed by atoms with Crippen molar-refractivity contribution in [2.75, 3.05) is 0 Å². The van der Waals surface area contributed by atoms with E-state index >= 15 is 0 Å². The van der Waals surface area contributed by atoms with Crippen LogP contribution in [0.3, 0.4) is 0 Å². The van der Waals surface area contributed by atoms with Crippen molar-refractivity contribution in [2.45, 2.75) is 85.2 Å². The summed E-state index contributed by atoms with van der Waals surface area (Å²) in [7, 11) is 0. The number of aryl methyl sites for hydroxylation is 1. The van der Waals surface area contributed by atoms with Crippen LogP contribution >= 0.6 is 11.3 Å².